The number of rotatable bonds is 3. The quantitative estimate of drug-likeness (QED) is 0.807. The van der Waals surface area contributed by atoms with E-state index in [1.165, 1.54) is 6.33 Å². The first-order valence-electron chi connectivity index (χ1n) is 5.33. The van der Waals surface area contributed by atoms with Crippen molar-refractivity contribution < 1.29 is 0 Å². The van der Waals surface area contributed by atoms with Gasteiger partial charge in [-0.2, -0.15) is 0 Å². The molecule has 0 bridgehead atoms. The maximum absolute atomic E-state index is 6.15. The van der Waals surface area contributed by atoms with Gasteiger partial charge in [-0.25, -0.2) is 9.97 Å². The summed E-state index contributed by atoms with van der Waals surface area (Å²) in [5.74, 6) is 0.682. The Morgan fingerprint density at radius 3 is 2.72 bits per heavy atom. The molecule has 0 radical (unpaired) electrons. The van der Waals surface area contributed by atoms with Crippen molar-refractivity contribution in [3.8, 4) is 0 Å². The molecule has 0 atom stereocenters. The molecule has 0 saturated heterocycles. The van der Waals surface area contributed by atoms with E-state index in [0.29, 0.717) is 16.0 Å². The first-order chi connectivity index (χ1) is 8.61. The summed E-state index contributed by atoms with van der Waals surface area (Å²) in [6.07, 6.45) is 2.17. The Bertz CT molecular complexity index is 575. The Hall–Kier alpha value is -0.840. The Morgan fingerprint density at radius 2 is 2.06 bits per heavy atom. The average Bonchev–Trinajstić information content (AvgIpc) is 2.33. The fourth-order valence-electron chi connectivity index (χ4n) is 1.53. The zero-order valence-electron chi connectivity index (χ0n) is 9.54. The predicted octanol–water partition coefficient (Wildman–Crippen LogP) is 4.85. The third-order valence-corrected chi connectivity index (χ3v) is 3.56. The van der Waals surface area contributed by atoms with Gasteiger partial charge in [0.15, 0.2) is 0 Å². The number of hydrogen-bond acceptors (Lipinski definition) is 3. The van der Waals surface area contributed by atoms with Crippen molar-refractivity contribution in [2.24, 2.45) is 0 Å². The molecule has 0 unspecified atom stereocenters. The van der Waals surface area contributed by atoms with E-state index >= 15 is 0 Å². The van der Waals surface area contributed by atoms with Crippen LogP contribution in [-0.4, -0.2) is 9.97 Å². The topological polar surface area (TPSA) is 37.8 Å². The van der Waals surface area contributed by atoms with Crippen LogP contribution in [0.25, 0.3) is 0 Å². The van der Waals surface area contributed by atoms with E-state index in [4.69, 9.17) is 23.2 Å². The molecule has 0 fully saturated rings. The van der Waals surface area contributed by atoms with Gasteiger partial charge in [0.05, 0.1) is 10.7 Å². The first-order valence-corrected chi connectivity index (χ1v) is 6.88. The van der Waals surface area contributed by atoms with E-state index in [9.17, 15) is 0 Å². The number of nitrogens with one attached hydrogen (secondary N) is 1. The maximum atomic E-state index is 6.15. The van der Waals surface area contributed by atoms with E-state index < -0.39 is 0 Å². The van der Waals surface area contributed by atoms with Gasteiger partial charge < -0.3 is 5.32 Å². The molecule has 2 aromatic rings. The summed E-state index contributed by atoms with van der Waals surface area (Å²) >= 11 is 15.5. The lowest BCUT2D eigenvalue weighted by Gasteiger charge is -2.11. The van der Waals surface area contributed by atoms with Gasteiger partial charge in [-0.15, -0.1) is 0 Å². The lowest BCUT2D eigenvalue weighted by Crippen LogP contribution is -2.01. The van der Waals surface area contributed by atoms with Crippen molar-refractivity contribution in [1.82, 2.24) is 9.97 Å². The van der Waals surface area contributed by atoms with Crippen LogP contribution in [0.4, 0.5) is 11.5 Å². The van der Waals surface area contributed by atoms with Crippen LogP contribution in [0.1, 0.15) is 12.5 Å². The number of benzene rings is 1. The predicted molar refractivity (Wildman–Crippen MR) is 78.9 cm³/mol. The number of anilines is 2. The molecule has 18 heavy (non-hydrogen) atoms. The minimum Gasteiger partial charge on any atom is -0.339 e. The molecule has 6 heteroatoms. The second kappa shape index (κ2) is 5.87. The first kappa shape index (κ1) is 13.6. The highest BCUT2D eigenvalue weighted by Crippen LogP contribution is 2.30. The summed E-state index contributed by atoms with van der Waals surface area (Å²) in [6.45, 7) is 2.00. The van der Waals surface area contributed by atoms with Gasteiger partial charge in [0.1, 0.15) is 17.3 Å². The average molecular weight is 347 g/mol. The minimum absolute atomic E-state index is 0.461. The summed E-state index contributed by atoms with van der Waals surface area (Å²) in [7, 11) is 0. The second-order valence-electron chi connectivity index (χ2n) is 3.59. The smallest absolute Gasteiger partial charge is 0.138 e. The molecular formula is C12H10BrCl2N3. The molecule has 94 valence electrons. The van der Waals surface area contributed by atoms with Crippen LogP contribution in [0.15, 0.2) is 29.0 Å². The van der Waals surface area contributed by atoms with Crippen LogP contribution in [0, 0.1) is 0 Å². The molecule has 1 N–H and O–H groups in total. The van der Waals surface area contributed by atoms with Crippen LogP contribution in [0.5, 0.6) is 0 Å². The minimum atomic E-state index is 0.461. The summed E-state index contributed by atoms with van der Waals surface area (Å²) in [5, 5.41) is 4.24. The van der Waals surface area contributed by atoms with Crippen molar-refractivity contribution in [2.75, 3.05) is 5.32 Å². The summed E-state index contributed by atoms with van der Waals surface area (Å²) in [4.78, 5) is 8.15. The molecule has 0 aliphatic carbocycles. The van der Waals surface area contributed by atoms with E-state index in [2.05, 4.69) is 31.2 Å². The highest BCUT2D eigenvalue weighted by atomic mass is 79.9. The van der Waals surface area contributed by atoms with Gasteiger partial charge in [0.2, 0.25) is 0 Å². The molecule has 0 saturated carbocycles. The SMILES string of the molecule is CCc1c(Cl)ncnc1Nc1ccc(Br)cc1Cl. The Labute approximate surface area is 124 Å². The molecule has 0 amide bonds. The highest BCUT2D eigenvalue weighted by Gasteiger charge is 2.09. The largest absolute Gasteiger partial charge is 0.339 e. The molecule has 0 aliphatic rings. The van der Waals surface area contributed by atoms with Crippen molar-refractivity contribution in [3.05, 3.63) is 44.7 Å². The number of nitrogens with zero attached hydrogens (tertiary/aromatic N) is 2. The number of aromatic nitrogens is 2. The summed E-state index contributed by atoms with van der Waals surface area (Å²) < 4.78 is 0.925. The molecule has 3 nitrogen and oxygen atoms in total. The van der Waals surface area contributed by atoms with Crippen LogP contribution in [0.2, 0.25) is 10.2 Å². The van der Waals surface area contributed by atoms with Crippen molar-refractivity contribution in [3.63, 3.8) is 0 Å². The Balaban J connectivity index is 2.37. The fourth-order valence-corrected chi connectivity index (χ4v) is 2.52. The monoisotopic (exact) mass is 345 g/mol. The summed E-state index contributed by atoms with van der Waals surface area (Å²) in [6, 6.07) is 5.60. The van der Waals surface area contributed by atoms with Gasteiger partial charge >= 0.3 is 0 Å². The van der Waals surface area contributed by atoms with Crippen LogP contribution >= 0.6 is 39.1 Å². The van der Waals surface area contributed by atoms with Gasteiger partial charge in [-0.1, -0.05) is 46.1 Å². The van der Waals surface area contributed by atoms with Gasteiger partial charge in [0.25, 0.3) is 0 Å². The number of halogens is 3. The molecule has 0 spiro atoms. The molecule has 1 heterocycles. The second-order valence-corrected chi connectivity index (χ2v) is 5.28. The van der Waals surface area contributed by atoms with E-state index in [-0.39, 0.29) is 0 Å². The van der Waals surface area contributed by atoms with Crippen LogP contribution in [0.3, 0.4) is 0 Å². The molecule has 1 aromatic carbocycles. The van der Waals surface area contributed by atoms with Crippen molar-refractivity contribution >= 4 is 50.6 Å². The zero-order valence-corrected chi connectivity index (χ0v) is 12.6. The molecule has 0 aliphatic heterocycles. The van der Waals surface area contributed by atoms with Crippen molar-refractivity contribution in [2.45, 2.75) is 13.3 Å². The Morgan fingerprint density at radius 1 is 1.28 bits per heavy atom. The number of hydrogen-bond donors (Lipinski definition) is 1. The molecule has 1 aromatic heterocycles. The lowest BCUT2D eigenvalue weighted by molar-refractivity contribution is 1.05. The lowest BCUT2D eigenvalue weighted by atomic mass is 10.2. The Kier molecular flexibility index (Phi) is 4.43. The normalized spacial score (nSPS) is 10.4. The third kappa shape index (κ3) is 2.94. The third-order valence-electron chi connectivity index (χ3n) is 2.43. The molecular weight excluding hydrogens is 337 g/mol. The van der Waals surface area contributed by atoms with Gasteiger partial charge in [0, 0.05) is 10.0 Å². The van der Waals surface area contributed by atoms with E-state index in [1.54, 1.807) is 0 Å². The maximum Gasteiger partial charge on any atom is 0.138 e. The van der Waals surface area contributed by atoms with Gasteiger partial charge in [-0.05, 0) is 24.6 Å². The van der Waals surface area contributed by atoms with Crippen LogP contribution < -0.4 is 5.32 Å². The fraction of sp³-hybridized carbons (Fsp3) is 0.167. The van der Waals surface area contributed by atoms with Gasteiger partial charge in [-0.3, -0.25) is 0 Å². The zero-order chi connectivity index (χ0) is 13.1. The highest BCUT2D eigenvalue weighted by molar-refractivity contribution is 9.10. The standard InChI is InChI=1S/C12H10BrCl2N3/c1-2-8-11(15)16-6-17-12(8)18-10-4-3-7(13)5-9(10)14/h3-6H,2H2,1H3,(H,16,17,18). The van der Waals surface area contributed by atoms with E-state index in [0.717, 1.165) is 22.1 Å². The van der Waals surface area contributed by atoms with E-state index in [1.807, 2.05) is 25.1 Å². The van der Waals surface area contributed by atoms with Crippen LogP contribution in [-0.2, 0) is 6.42 Å². The molecule has 2 rings (SSSR count). The van der Waals surface area contributed by atoms with Crippen molar-refractivity contribution in [1.29, 1.82) is 0 Å². The summed E-state index contributed by atoms with van der Waals surface area (Å²) in [5.41, 5.74) is 1.66.